The Morgan fingerprint density at radius 1 is 1.19 bits per heavy atom. The highest BCUT2D eigenvalue weighted by atomic mass is 32.2. The number of aromatic nitrogens is 3. The molecule has 3 rings (SSSR count). The molecule has 0 unspecified atom stereocenters. The smallest absolute Gasteiger partial charge is 0.266 e. The summed E-state index contributed by atoms with van der Waals surface area (Å²) in [4.78, 5) is 11.3. The van der Waals surface area contributed by atoms with Gasteiger partial charge in [0.15, 0.2) is 5.69 Å². The lowest BCUT2D eigenvalue weighted by Gasteiger charge is -2.13. The van der Waals surface area contributed by atoms with Crippen LogP contribution in [0.1, 0.15) is 27.3 Å². The minimum Gasteiger partial charge on any atom is -0.266 e. The van der Waals surface area contributed by atoms with E-state index in [-0.39, 0.29) is 16.9 Å². The fraction of sp³-hybridized carbons (Fsp3) is 0.111. The summed E-state index contributed by atoms with van der Waals surface area (Å²) in [7, 11) is -4.92. The molecule has 0 fully saturated rings. The SMILES string of the molecule is Cc1c(C(=O)NS(=O)(=O)c2ccccc2C(F)(F)F)nnn1-c1ccc(C#N)cc1F. The second kappa shape index (κ2) is 7.80. The van der Waals surface area contributed by atoms with E-state index in [1.807, 2.05) is 0 Å². The maximum absolute atomic E-state index is 14.2. The molecule has 1 amide bonds. The van der Waals surface area contributed by atoms with Crippen LogP contribution in [0.2, 0.25) is 0 Å². The van der Waals surface area contributed by atoms with E-state index in [4.69, 9.17) is 5.26 Å². The van der Waals surface area contributed by atoms with Gasteiger partial charge >= 0.3 is 6.18 Å². The average molecular weight is 453 g/mol. The van der Waals surface area contributed by atoms with Crippen molar-refractivity contribution in [3.8, 4) is 11.8 Å². The molecule has 13 heteroatoms. The first-order valence-corrected chi connectivity index (χ1v) is 9.79. The van der Waals surface area contributed by atoms with Crippen LogP contribution in [-0.2, 0) is 16.2 Å². The quantitative estimate of drug-likeness (QED) is 0.607. The highest BCUT2D eigenvalue weighted by molar-refractivity contribution is 7.90. The summed E-state index contributed by atoms with van der Waals surface area (Å²) < 4.78 is 80.9. The molecule has 31 heavy (non-hydrogen) atoms. The number of sulfonamides is 1. The summed E-state index contributed by atoms with van der Waals surface area (Å²) >= 11 is 0. The maximum atomic E-state index is 14.2. The fourth-order valence-corrected chi connectivity index (χ4v) is 3.86. The third kappa shape index (κ3) is 4.24. The molecule has 0 spiro atoms. The fourth-order valence-electron chi connectivity index (χ4n) is 2.68. The van der Waals surface area contributed by atoms with Gasteiger partial charge < -0.3 is 0 Å². The van der Waals surface area contributed by atoms with E-state index >= 15 is 0 Å². The van der Waals surface area contributed by atoms with Crippen molar-refractivity contribution < 1.29 is 30.8 Å². The van der Waals surface area contributed by atoms with Gasteiger partial charge in [0, 0.05) is 0 Å². The van der Waals surface area contributed by atoms with Gasteiger partial charge in [-0.3, -0.25) is 4.79 Å². The predicted octanol–water partition coefficient (Wildman–Crippen LogP) is 2.72. The molecule has 3 aromatic rings. The van der Waals surface area contributed by atoms with Gasteiger partial charge in [0.2, 0.25) is 0 Å². The van der Waals surface area contributed by atoms with Crippen molar-refractivity contribution in [3.05, 3.63) is 70.8 Å². The van der Waals surface area contributed by atoms with Crippen molar-refractivity contribution >= 4 is 15.9 Å². The van der Waals surface area contributed by atoms with Gasteiger partial charge in [-0.25, -0.2) is 22.2 Å². The minimum absolute atomic E-state index is 0.0337. The number of nitriles is 1. The first kappa shape index (κ1) is 21.9. The van der Waals surface area contributed by atoms with E-state index in [1.165, 1.54) is 23.8 Å². The Balaban J connectivity index is 1.95. The molecule has 0 bridgehead atoms. The first-order chi connectivity index (χ1) is 14.5. The number of amides is 1. The topological polar surface area (TPSA) is 118 Å². The molecule has 160 valence electrons. The molecule has 1 N–H and O–H groups in total. The van der Waals surface area contributed by atoms with Crippen molar-refractivity contribution in [1.82, 2.24) is 19.7 Å². The van der Waals surface area contributed by atoms with Crippen molar-refractivity contribution in [2.45, 2.75) is 18.0 Å². The van der Waals surface area contributed by atoms with Crippen molar-refractivity contribution in [1.29, 1.82) is 5.26 Å². The molecule has 1 heterocycles. The number of alkyl halides is 3. The van der Waals surface area contributed by atoms with E-state index in [0.29, 0.717) is 12.1 Å². The lowest BCUT2D eigenvalue weighted by molar-refractivity contribution is -0.139. The molecular formula is C18H11F4N5O3S. The summed E-state index contributed by atoms with van der Waals surface area (Å²) in [5, 5.41) is 15.9. The molecule has 1 aromatic heterocycles. The third-order valence-electron chi connectivity index (χ3n) is 4.12. The van der Waals surface area contributed by atoms with Gasteiger partial charge in [-0.1, -0.05) is 17.3 Å². The summed E-state index contributed by atoms with van der Waals surface area (Å²) in [6.45, 7) is 1.28. The summed E-state index contributed by atoms with van der Waals surface area (Å²) in [5.41, 5.74) is -2.22. The van der Waals surface area contributed by atoms with Crippen LogP contribution in [0.25, 0.3) is 5.69 Å². The monoisotopic (exact) mass is 453 g/mol. The van der Waals surface area contributed by atoms with E-state index < -0.39 is 44.1 Å². The Hall–Kier alpha value is -3.79. The molecule has 0 saturated heterocycles. The first-order valence-electron chi connectivity index (χ1n) is 8.31. The molecule has 2 aromatic carbocycles. The predicted molar refractivity (Wildman–Crippen MR) is 96.9 cm³/mol. The number of nitrogens with one attached hydrogen (secondary N) is 1. The molecule has 0 aliphatic rings. The number of benzene rings is 2. The van der Waals surface area contributed by atoms with Crippen LogP contribution >= 0.6 is 0 Å². The second-order valence-electron chi connectivity index (χ2n) is 6.14. The number of nitrogens with zero attached hydrogens (tertiary/aromatic N) is 4. The highest BCUT2D eigenvalue weighted by Gasteiger charge is 2.37. The van der Waals surface area contributed by atoms with Crippen LogP contribution in [0, 0.1) is 24.1 Å². The minimum atomic E-state index is -4.97. The normalized spacial score (nSPS) is 11.7. The van der Waals surface area contributed by atoms with Crippen LogP contribution in [0.4, 0.5) is 17.6 Å². The van der Waals surface area contributed by atoms with Crippen LogP contribution in [0.5, 0.6) is 0 Å². The van der Waals surface area contributed by atoms with Crippen LogP contribution in [-0.4, -0.2) is 29.3 Å². The standard InChI is InChI=1S/C18H11F4N5O3S/c1-10-16(24-26-27(10)14-7-6-11(9-23)8-13(14)19)17(28)25-31(29,30)15-5-3-2-4-12(15)18(20,21)22/h2-8H,1H3,(H,25,28). The van der Waals surface area contributed by atoms with Crippen LogP contribution in [0.3, 0.4) is 0 Å². The zero-order valence-electron chi connectivity index (χ0n) is 15.5. The second-order valence-corrected chi connectivity index (χ2v) is 7.79. The number of carbonyl (C=O) groups is 1. The largest absolute Gasteiger partial charge is 0.417 e. The molecule has 0 aliphatic heterocycles. The molecule has 0 atom stereocenters. The number of halogens is 4. The molecule has 0 aliphatic carbocycles. The Morgan fingerprint density at radius 2 is 1.87 bits per heavy atom. The molecular weight excluding hydrogens is 442 g/mol. The molecule has 8 nitrogen and oxygen atoms in total. The number of rotatable bonds is 4. The average Bonchev–Trinajstić information content (AvgIpc) is 3.08. The van der Waals surface area contributed by atoms with Crippen LogP contribution < -0.4 is 4.72 Å². The van der Waals surface area contributed by atoms with Crippen molar-refractivity contribution in [2.75, 3.05) is 0 Å². The van der Waals surface area contributed by atoms with Gasteiger partial charge in [0.25, 0.3) is 15.9 Å². The Morgan fingerprint density at radius 3 is 2.48 bits per heavy atom. The van der Waals surface area contributed by atoms with Crippen molar-refractivity contribution in [3.63, 3.8) is 0 Å². The lowest BCUT2D eigenvalue weighted by atomic mass is 10.2. The lowest BCUT2D eigenvalue weighted by Crippen LogP contribution is -2.32. The Labute approximate surface area is 172 Å². The van der Waals surface area contributed by atoms with E-state index in [2.05, 4.69) is 10.3 Å². The van der Waals surface area contributed by atoms with Gasteiger partial charge in [-0.05, 0) is 37.3 Å². The van der Waals surface area contributed by atoms with Gasteiger partial charge in [0.1, 0.15) is 11.5 Å². The summed E-state index contributed by atoms with van der Waals surface area (Å²) in [6.07, 6.45) is -4.97. The summed E-state index contributed by atoms with van der Waals surface area (Å²) in [5.74, 6) is -2.21. The molecule has 0 radical (unpaired) electrons. The van der Waals surface area contributed by atoms with E-state index in [1.54, 1.807) is 6.07 Å². The van der Waals surface area contributed by atoms with E-state index in [9.17, 15) is 30.8 Å². The zero-order chi connectivity index (χ0) is 23.0. The van der Waals surface area contributed by atoms with Gasteiger partial charge in [0.05, 0.1) is 27.8 Å². The van der Waals surface area contributed by atoms with Gasteiger partial charge in [-0.2, -0.15) is 18.4 Å². The number of hydrogen-bond acceptors (Lipinski definition) is 6. The Bertz CT molecular complexity index is 1330. The number of carbonyl (C=O) groups excluding carboxylic acids is 1. The maximum Gasteiger partial charge on any atom is 0.417 e. The van der Waals surface area contributed by atoms with E-state index in [0.717, 1.165) is 22.9 Å². The van der Waals surface area contributed by atoms with Crippen molar-refractivity contribution in [2.24, 2.45) is 0 Å². The summed E-state index contributed by atoms with van der Waals surface area (Å²) in [6, 6.07) is 8.51. The third-order valence-corrected chi connectivity index (χ3v) is 5.51. The highest BCUT2D eigenvalue weighted by Crippen LogP contribution is 2.33. The zero-order valence-corrected chi connectivity index (χ0v) is 16.3. The Kier molecular flexibility index (Phi) is 5.51. The van der Waals surface area contributed by atoms with Crippen LogP contribution in [0.15, 0.2) is 47.4 Å². The molecule has 0 saturated carbocycles. The van der Waals surface area contributed by atoms with Gasteiger partial charge in [-0.15, -0.1) is 5.10 Å². The number of hydrogen-bond donors (Lipinski definition) is 1.